The van der Waals surface area contributed by atoms with Crippen LogP contribution in [0.2, 0.25) is 0 Å². The fourth-order valence-electron chi connectivity index (χ4n) is 1.63. The molecule has 0 aromatic carbocycles. The van der Waals surface area contributed by atoms with Crippen LogP contribution in [0.25, 0.3) is 0 Å². The van der Waals surface area contributed by atoms with Gasteiger partial charge >= 0.3 is 0 Å². The van der Waals surface area contributed by atoms with E-state index in [1.807, 2.05) is 0 Å². The largest absolute Gasteiger partial charge is 0.311 e. The second-order valence-electron chi connectivity index (χ2n) is 4.49. The van der Waals surface area contributed by atoms with Gasteiger partial charge in [-0.15, -0.1) is 9.24 Å². The molecule has 1 heterocycles. The quantitative estimate of drug-likeness (QED) is 0.423. The molecule has 90 valence electrons. The second-order valence-corrected chi connectivity index (χ2v) is 5.19. The Hall–Kier alpha value is -0.390. The Balaban J connectivity index is 2.85. The number of rotatable bonds is 6. The highest BCUT2D eigenvalue weighted by molar-refractivity contribution is 7.22. The molecule has 0 saturated carbocycles. The Kier molecular flexibility index (Phi) is 5.44. The van der Waals surface area contributed by atoms with Gasteiger partial charge in [-0.2, -0.15) is 0 Å². The molecule has 0 amide bonds. The molecular formula is C14H24NP. The average Bonchev–Trinajstić information content (AvgIpc) is 3.09. The maximum absolute atomic E-state index is 4.08. The molecule has 0 aromatic heterocycles. The molecule has 1 aliphatic rings. The van der Waals surface area contributed by atoms with Gasteiger partial charge in [0.2, 0.25) is 0 Å². The van der Waals surface area contributed by atoms with Crippen molar-refractivity contribution in [3.8, 4) is 0 Å². The van der Waals surface area contributed by atoms with E-state index in [1.165, 1.54) is 28.6 Å². The summed E-state index contributed by atoms with van der Waals surface area (Å²) >= 11 is 0. The number of hydrogen-bond donors (Lipinski definition) is 1. The van der Waals surface area contributed by atoms with Gasteiger partial charge in [0, 0.05) is 12.6 Å². The maximum Gasteiger partial charge on any atom is 0.0233 e. The third kappa shape index (κ3) is 4.23. The lowest BCUT2D eigenvalue weighted by Gasteiger charge is -2.11. The van der Waals surface area contributed by atoms with Crippen LogP contribution in [0.1, 0.15) is 40.0 Å². The number of allylic oxidation sites excluding steroid dienone is 4. The minimum Gasteiger partial charge on any atom is -0.311 e. The first-order chi connectivity index (χ1) is 7.58. The van der Waals surface area contributed by atoms with Crippen molar-refractivity contribution in [2.24, 2.45) is 0 Å². The molecule has 1 saturated heterocycles. The van der Waals surface area contributed by atoms with Crippen molar-refractivity contribution < 1.29 is 0 Å². The predicted octanol–water partition coefficient (Wildman–Crippen LogP) is 3.80. The summed E-state index contributed by atoms with van der Waals surface area (Å²) < 4.78 is 0. The summed E-state index contributed by atoms with van der Waals surface area (Å²) in [6.45, 7) is 11.8. The lowest BCUT2D eigenvalue weighted by molar-refractivity contribution is 0.911. The van der Waals surface area contributed by atoms with Crippen LogP contribution < -0.4 is 5.32 Å². The Morgan fingerprint density at radius 1 is 1.44 bits per heavy atom. The molecule has 0 spiro atoms. The zero-order chi connectivity index (χ0) is 12.1. The van der Waals surface area contributed by atoms with Crippen LogP contribution in [0, 0.1) is 0 Å². The third-order valence-electron chi connectivity index (χ3n) is 3.14. The summed E-state index contributed by atoms with van der Waals surface area (Å²) in [6, 6.07) is 0.695. The van der Waals surface area contributed by atoms with Crippen LogP contribution in [0.5, 0.6) is 0 Å². The fourth-order valence-corrected chi connectivity index (χ4v) is 1.82. The zero-order valence-corrected chi connectivity index (χ0v) is 11.9. The molecule has 1 nitrogen and oxygen atoms in total. The number of hydrogen-bond acceptors (Lipinski definition) is 1. The highest BCUT2D eigenvalue weighted by atomic mass is 31.0. The minimum atomic E-state index is 0.695. The molecular weight excluding hydrogens is 213 g/mol. The summed E-state index contributed by atoms with van der Waals surface area (Å²) in [4.78, 5) is 0. The summed E-state index contributed by atoms with van der Waals surface area (Å²) in [5, 5.41) is 4.78. The van der Waals surface area contributed by atoms with E-state index in [4.69, 9.17) is 0 Å². The molecule has 16 heavy (non-hydrogen) atoms. The predicted molar refractivity (Wildman–Crippen MR) is 76.6 cm³/mol. The van der Waals surface area contributed by atoms with E-state index in [0.29, 0.717) is 6.04 Å². The van der Waals surface area contributed by atoms with Crippen molar-refractivity contribution in [1.29, 1.82) is 0 Å². The van der Waals surface area contributed by atoms with E-state index in [9.17, 15) is 0 Å². The molecule has 0 aliphatic carbocycles. The third-order valence-corrected chi connectivity index (χ3v) is 3.98. The van der Waals surface area contributed by atoms with E-state index >= 15 is 0 Å². The van der Waals surface area contributed by atoms with Crippen molar-refractivity contribution in [2.75, 3.05) is 6.54 Å². The van der Waals surface area contributed by atoms with Crippen LogP contribution in [-0.2, 0) is 0 Å². The molecule has 1 rings (SSSR count). The van der Waals surface area contributed by atoms with Crippen molar-refractivity contribution >= 4 is 9.24 Å². The van der Waals surface area contributed by atoms with E-state index in [0.717, 1.165) is 19.3 Å². The average molecular weight is 237 g/mol. The first-order valence-corrected chi connectivity index (χ1v) is 6.73. The van der Waals surface area contributed by atoms with Gasteiger partial charge in [-0.1, -0.05) is 32.1 Å². The Bertz CT molecular complexity index is 322. The van der Waals surface area contributed by atoms with E-state index in [2.05, 4.69) is 48.0 Å². The van der Waals surface area contributed by atoms with E-state index < -0.39 is 0 Å². The normalized spacial score (nSPS) is 21.8. The topological polar surface area (TPSA) is 21.9 Å². The fraction of sp³-hybridized carbons (Fsp3) is 0.571. The maximum atomic E-state index is 4.08. The van der Waals surface area contributed by atoms with Crippen LogP contribution in [0.3, 0.4) is 0 Å². The highest BCUT2D eigenvalue weighted by Crippen LogP contribution is 2.27. The summed E-state index contributed by atoms with van der Waals surface area (Å²) in [7, 11) is 2.87. The summed E-state index contributed by atoms with van der Waals surface area (Å²) in [5.74, 6) is 0. The van der Waals surface area contributed by atoms with Crippen LogP contribution in [0.4, 0.5) is 0 Å². The minimum absolute atomic E-state index is 0.695. The number of nitrogens with one attached hydrogen (secondary N) is 1. The first-order valence-electron chi connectivity index (χ1n) is 6.15. The van der Waals surface area contributed by atoms with Crippen molar-refractivity contribution in [1.82, 2.24) is 5.32 Å². The molecule has 0 bridgehead atoms. The van der Waals surface area contributed by atoms with Gasteiger partial charge < -0.3 is 5.32 Å². The van der Waals surface area contributed by atoms with Gasteiger partial charge in [-0.05, 0) is 42.6 Å². The summed E-state index contributed by atoms with van der Waals surface area (Å²) in [6.07, 6.45) is 5.55. The molecule has 1 aliphatic heterocycles. The zero-order valence-electron chi connectivity index (χ0n) is 10.8. The molecule has 2 atom stereocenters. The monoisotopic (exact) mass is 237 g/mol. The van der Waals surface area contributed by atoms with Gasteiger partial charge in [-0.3, -0.25) is 0 Å². The van der Waals surface area contributed by atoms with Gasteiger partial charge in [0.1, 0.15) is 0 Å². The van der Waals surface area contributed by atoms with Crippen molar-refractivity contribution in [2.45, 2.75) is 46.1 Å². The first kappa shape index (κ1) is 13.7. The molecule has 1 fully saturated rings. The van der Waals surface area contributed by atoms with Crippen molar-refractivity contribution in [3.63, 3.8) is 0 Å². The standard InChI is InChI=1S/C14H24NP/c1-5-10(3)7-12(8-13-9-15-13)11(4)14(16)6-2/h7,13,15H,3,5-6,8-9,16H2,1-2,4H3/b12-7-,14-11+/t13-/m1/s1. The smallest absolute Gasteiger partial charge is 0.0233 e. The Morgan fingerprint density at radius 3 is 2.50 bits per heavy atom. The Morgan fingerprint density at radius 2 is 2.06 bits per heavy atom. The van der Waals surface area contributed by atoms with Crippen molar-refractivity contribution in [3.05, 3.63) is 34.7 Å². The molecule has 1 unspecified atom stereocenters. The summed E-state index contributed by atoms with van der Waals surface area (Å²) in [5.41, 5.74) is 4.11. The molecule has 2 heteroatoms. The van der Waals surface area contributed by atoms with Crippen LogP contribution in [0.15, 0.2) is 34.7 Å². The van der Waals surface area contributed by atoms with Crippen LogP contribution in [-0.4, -0.2) is 12.6 Å². The molecule has 1 N–H and O–H groups in total. The van der Waals surface area contributed by atoms with Gasteiger partial charge in [0.25, 0.3) is 0 Å². The SMILES string of the molecule is C=C(/C=C(C[C@@H]1CN1)\C(C)=C(\P)CC)CC. The van der Waals surface area contributed by atoms with Gasteiger partial charge in [-0.25, -0.2) is 0 Å². The molecule has 0 aromatic rings. The molecule has 0 radical (unpaired) electrons. The van der Waals surface area contributed by atoms with E-state index in [1.54, 1.807) is 0 Å². The van der Waals surface area contributed by atoms with E-state index in [-0.39, 0.29) is 0 Å². The highest BCUT2D eigenvalue weighted by Gasteiger charge is 2.22. The second kappa shape index (κ2) is 6.37. The van der Waals surface area contributed by atoms with Gasteiger partial charge in [0.05, 0.1) is 0 Å². The van der Waals surface area contributed by atoms with Gasteiger partial charge in [0.15, 0.2) is 0 Å². The lowest BCUT2D eigenvalue weighted by Crippen LogP contribution is -1.97. The Labute approximate surface area is 102 Å². The lowest BCUT2D eigenvalue weighted by atomic mass is 9.98. The van der Waals surface area contributed by atoms with Crippen LogP contribution >= 0.6 is 9.24 Å².